The van der Waals surface area contributed by atoms with E-state index in [1.807, 2.05) is 0 Å². The summed E-state index contributed by atoms with van der Waals surface area (Å²) in [5, 5.41) is 27.0. The lowest BCUT2D eigenvalue weighted by molar-refractivity contribution is -0.385. The maximum Gasteiger partial charge on any atom is 0.311 e. The number of carbonyl (C=O) groups excluding carboxylic acids is 1. The number of nitro benzene ring substituents is 1. The van der Waals surface area contributed by atoms with Gasteiger partial charge in [-0.1, -0.05) is 6.07 Å². The standard InChI is InChI=1S/C12H13N5O4/c1-8(5-16-7-13-6-14-16)15-12(19)9-3-2-4-10(11(9)18)17(20)21/h2-4,6-8,18H,5H2,1H3,(H,15,19)/t8-/m0/s1. The number of benzene rings is 1. The zero-order valence-corrected chi connectivity index (χ0v) is 11.1. The second-order valence-corrected chi connectivity index (χ2v) is 4.42. The minimum absolute atomic E-state index is 0.144. The van der Waals surface area contributed by atoms with Crippen molar-refractivity contribution in [3.8, 4) is 5.75 Å². The number of nitrogens with one attached hydrogen (secondary N) is 1. The Morgan fingerprint density at radius 3 is 2.95 bits per heavy atom. The highest BCUT2D eigenvalue weighted by molar-refractivity contribution is 5.98. The summed E-state index contributed by atoms with van der Waals surface area (Å²) in [7, 11) is 0. The van der Waals surface area contributed by atoms with E-state index in [0.29, 0.717) is 6.54 Å². The lowest BCUT2D eigenvalue weighted by Gasteiger charge is -2.14. The van der Waals surface area contributed by atoms with E-state index in [4.69, 9.17) is 0 Å². The second kappa shape index (κ2) is 5.99. The molecular formula is C12H13N5O4. The first-order valence-corrected chi connectivity index (χ1v) is 6.08. The van der Waals surface area contributed by atoms with Crippen molar-refractivity contribution in [3.05, 3.63) is 46.5 Å². The van der Waals surface area contributed by atoms with Gasteiger partial charge in [0.05, 0.1) is 17.0 Å². The summed E-state index contributed by atoms with van der Waals surface area (Å²) in [6.07, 6.45) is 2.88. The number of para-hydroxylation sites is 1. The van der Waals surface area contributed by atoms with E-state index in [9.17, 15) is 20.0 Å². The number of nitro groups is 1. The Labute approximate surface area is 119 Å². The van der Waals surface area contributed by atoms with Gasteiger partial charge in [0, 0.05) is 12.1 Å². The average Bonchev–Trinajstić information content (AvgIpc) is 2.91. The number of hydrogen-bond donors (Lipinski definition) is 2. The van der Waals surface area contributed by atoms with Crippen molar-refractivity contribution < 1.29 is 14.8 Å². The largest absolute Gasteiger partial charge is 0.502 e. The highest BCUT2D eigenvalue weighted by atomic mass is 16.6. The van der Waals surface area contributed by atoms with Crippen LogP contribution in [0.5, 0.6) is 5.75 Å². The lowest BCUT2D eigenvalue weighted by Crippen LogP contribution is -2.35. The third kappa shape index (κ3) is 3.32. The van der Waals surface area contributed by atoms with Crippen LogP contribution in [0.4, 0.5) is 5.69 Å². The molecule has 1 amide bonds. The van der Waals surface area contributed by atoms with Gasteiger partial charge in [0.1, 0.15) is 12.7 Å². The van der Waals surface area contributed by atoms with Crippen molar-refractivity contribution in [3.63, 3.8) is 0 Å². The molecule has 2 rings (SSSR count). The molecule has 1 aromatic carbocycles. The van der Waals surface area contributed by atoms with Crippen LogP contribution in [0, 0.1) is 10.1 Å². The fourth-order valence-electron chi connectivity index (χ4n) is 1.82. The highest BCUT2D eigenvalue weighted by Crippen LogP contribution is 2.29. The molecule has 1 atom stereocenters. The summed E-state index contributed by atoms with van der Waals surface area (Å²) < 4.78 is 1.54. The number of phenolic OH excluding ortho intramolecular Hbond substituents is 1. The first kappa shape index (κ1) is 14.4. The molecule has 0 bridgehead atoms. The van der Waals surface area contributed by atoms with E-state index >= 15 is 0 Å². The minimum Gasteiger partial charge on any atom is -0.502 e. The third-order valence-corrected chi connectivity index (χ3v) is 2.76. The van der Waals surface area contributed by atoms with Gasteiger partial charge in [-0.3, -0.25) is 19.6 Å². The summed E-state index contributed by atoms with van der Waals surface area (Å²) in [4.78, 5) is 25.8. The number of hydrogen-bond acceptors (Lipinski definition) is 6. The van der Waals surface area contributed by atoms with E-state index in [-0.39, 0.29) is 11.6 Å². The van der Waals surface area contributed by atoms with Gasteiger partial charge in [-0.05, 0) is 13.0 Å². The van der Waals surface area contributed by atoms with Crippen molar-refractivity contribution in [2.45, 2.75) is 19.5 Å². The topological polar surface area (TPSA) is 123 Å². The molecule has 0 aliphatic carbocycles. The van der Waals surface area contributed by atoms with Crippen molar-refractivity contribution in [2.75, 3.05) is 0 Å². The molecule has 2 N–H and O–H groups in total. The van der Waals surface area contributed by atoms with Gasteiger partial charge in [-0.2, -0.15) is 5.10 Å². The summed E-state index contributed by atoms with van der Waals surface area (Å²) in [6, 6.07) is 3.50. The molecule has 21 heavy (non-hydrogen) atoms. The van der Waals surface area contributed by atoms with Crippen molar-refractivity contribution >= 4 is 11.6 Å². The van der Waals surface area contributed by atoms with Gasteiger partial charge in [0.15, 0.2) is 0 Å². The van der Waals surface area contributed by atoms with Crippen LogP contribution >= 0.6 is 0 Å². The van der Waals surface area contributed by atoms with Gasteiger partial charge in [0.2, 0.25) is 5.75 Å². The lowest BCUT2D eigenvalue weighted by atomic mass is 10.1. The molecule has 1 aromatic heterocycles. The Morgan fingerprint density at radius 2 is 2.33 bits per heavy atom. The van der Waals surface area contributed by atoms with E-state index in [2.05, 4.69) is 15.4 Å². The molecule has 9 heteroatoms. The molecule has 9 nitrogen and oxygen atoms in total. The number of aromatic nitrogens is 3. The molecule has 0 unspecified atom stereocenters. The number of nitrogens with zero attached hydrogens (tertiary/aromatic N) is 4. The predicted molar refractivity (Wildman–Crippen MR) is 71.7 cm³/mol. The van der Waals surface area contributed by atoms with Gasteiger partial charge < -0.3 is 10.4 Å². The fourth-order valence-corrected chi connectivity index (χ4v) is 1.82. The number of rotatable bonds is 5. The molecule has 0 spiro atoms. The smallest absolute Gasteiger partial charge is 0.311 e. The molecule has 2 aromatic rings. The van der Waals surface area contributed by atoms with Crippen LogP contribution in [0.3, 0.4) is 0 Å². The maximum atomic E-state index is 12.0. The summed E-state index contributed by atoms with van der Waals surface area (Å²) in [5.74, 6) is -1.24. The van der Waals surface area contributed by atoms with Crippen LogP contribution in [0.1, 0.15) is 17.3 Å². The summed E-state index contributed by atoms with van der Waals surface area (Å²) in [6.45, 7) is 2.13. The predicted octanol–water partition coefficient (Wildman–Crippen LogP) is 0.710. The van der Waals surface area contributed by atoms with Crippen molar-refractivity contribution in [2.24, 2.45) is 0 Å². The van der Waals surface area contributed by atoms with Gasteiger partial charge in [0.25, 0.3) is 5.91 Å². The second-order valence-electron chi connectivity index (χ2n) is 4.42. The first-order valence-electron chi connectivity index (χ1n) is 6.08. The van der Waals surface area contributed by atoms with Crippen LogP contribution in [0.25, 0.3) is 0 Å². The van der Waals surface area contributed by atoms with E-state index in [1.165, 1.54) is 29.5 Å². The molecule has 1 heterocycles. The zero-order valence-electron chi connectivity index (χ0n) is 11.1. The van der Waals surface area contributed by atoms with E-state index in [1.54, 1.807) is 6.92 Å². The molecule has 0 saturated carbocycles. The molecule has 0 saturated heterocycles. The highest BCUT2D eigenvalue weighted by Gasteiger charge is 2.21. The Hall–Kier alpha value is -2.97. The maximum absolute atomic E-state index is 12.0. The molecule has 0 aliphatic heterocycles. The van der Waals surface area contributed by atoms with Crippen LogP contribution < -0.4 is 5.32 Å². The fraction of sp³-hybridized carbons (Fsp3) is 0.250. The van der Waals surface area contributed by atoms with Crippen LogP contribution in [-0.2, 0) is 6.54 Å². The normalized spacial score (nSPS) is 11.9. The van der Waals surface area contributed by atoms with E-state index in [0.717, 1.165) is 6.07 Å². The Morgan fingerprint density at radius 1 is 1.57 bits per heavy atom. The molecule has 0 radical (unpaired) electrons. The van der Waals surface area contributed by atoms with Crippen molar-refractivity contribution in [1.82, 2.24) is 20.1 Å². The Balaban J connectivity index is 2.10. The molecule has 110 valence electrons. The average molecular weight is 291 g/mol. The number of amides is 1. The SMILES string of the molecule is C[C@@H](Cn1cncn1)NC(=O)c1cccc([N+](=O)[O-])c1O. The number of aromatic hydroxyl groups is 1. The Bertz CT molecular complexity index is 656. The number of carbonyl (C=O) groups is 1. The number of phenols is 1. The Kier molecular flexibility index (Phi) is 4.12. The molecular weight excluding hydrogens is 278 g/mol. The third-order valence-electron chi connectivity index (χ3n) is 2.76. The minimum atomic E-state index is -0.745. The van der Waals surface area contributed by atoms with Crippen LogP contribution in [0.2, 0.25) is 0 Å². The zero-order chi connectivity index (χ0) is 15.4. The monoisotopic (exact) mass is 291 g/mol. The van der Waals surface area contributed by atoms with Gasteiger partial charge in [-0.25, -0.2) is 4.98 Å². The molecule has 0 aliphatic rings. The molecule has 0 fully saturated rings. The van der Waals surface area contributed by atoms with Crippen LogP contribution in [0.15, 0.2) is 30.9 Å². The van der Waals surface area contributed by atoms with Crippen molar-refractivity contribution in [1.29, 1.82) is 0 Å². The van der Waals surface area contributed by atoms with Gasteiger partial charge in [-0.15, -0.1) is 0 Å². The van der Waals surface area contributed by atoms with E-state index < -0.39 is 22.3 Å². The summed E-state index contributed by atoms with van der Waals surface area (Å²) >= 11 is 0. The van der Waals surface area contributed by atoms with Gasteiger partial charge >= 0.3 is 5.69 Å². The summed E-state index contributed by atoms with van der Waals surface area (Å²) in [5.41, 5.74) is -0.652. The van der Waals surface area contributed by atoms with Crippen LogP contribution in [-0.4, -0.2) is 36.7 Å². The quantitative estimate of drug-likeness (QED) is 0.617. The first-order chi connectivity index (χ1) is 9.99.